The predicted octanol–water partition coefficient (Wildman–Crippen LogP) is 3.49. The predicted molar refractivity (Wildman–Crippen MR) is 77.8 cm³/mol. The van der Waals surface area contributed by atoms with Crippen molar-refractivity contribution in [2.45, 2.75) is 12.7 Å². The quantitative estimate of drug-likeness (QED) is 0.665. The van der Waals surface area contributed by atoms with Crippen LogP contribution in [-0.4, -0.2) is 17.1 Å². The number of hydrogen-bond acceptors (Lipinski definition) is 5. The first-order chi connectivity index (χ1) is 11.2. The molecule has 128 valence electrons. The second-order valence-corrected chi connectivity index (χ2v) is 4.86. The first-order valence-electron chi connectivity index (χ1n) is 6.42. The molecule has 10 heteroatoms. The molecule has 0 amide bonds. The number of nitrogens with two attached hydrogens (primary N) is 1. The van der Waals surface area contributed by atoms with Gasteiger partial charge in [-0.3, -0.25) is 4.98 Å². The molecule has 0 atom stereocenters. The maximum absolute atomic E-state index is 14.0. The third-order valence-corrected chi connectivity index (χ3v) is 3.10. The molecule has 2 rings (SSSR count). The monoisotopic (exact) mass is 363 g/mol. The SMILES string of the molecule is NCc1ccc(N(OC(=O)C(F)(F)F)c2c(F)cccc2Cl)cn1. The molecule has 0 spiro atoms. The second kappa shape index (κ2) is 7.02. The van der Waals surface area contributed by atoms with Gasteiger partial charge in [-0.25, -0.2) is 9.18 Å². The summed E-state index contributed by atoms with van der Waals surface area (Å²) in [6.07, 6.45) is -4.20. The number of pyridine rings is 1. The number of nitrogens with zero attached hydrogens (tertiary/aromatic N) is 2. The number of carbonyl (C=O) groups excluding carboxylic acids is 1. The highest BCUT2D eigenvalue weighted by Gasteiger charge is 2.43. The topological polar surface area (TPSA) is 68.4 Å². The Labute approximate surface area is 138 Å². The number of rotatable bonds is 4. The smallest absolute Gasteiger partial charge is 0.327 e. The van der Waals surface area contributed by atoms with Crippen LogP contribution in [0.15, 0.2) is 36.5 Å². The van der Waals surface area contributed by atoms with Gasteiger partial charge in [-0.05, 0) is 24.3 Å². The molecule has 1 aromatic heterocycles. The summed E-state index contributed by atoms with van der Waals surface area (Å²) in [6, 6.07) is 6.09. The van der Waals surface area contributed by atoms with Gasteiger partial charge >= 0.3 is 12.1 Å². The molecule has 0 saturated carbocycles. The van der Waals surface area contributed by atoms with Crippen LogP contribution >= 0.6 is 11.6 Å². The Morgan fingerprint density at radius 2 is 2.00 bits per heavy atom. The number of carbonyl (C=O) groups is 1. The zero-order valence-electron chi connectivity index (χ0n) is 11.8. The molecule has 1 aromatic carbocycles. The molecule has 0 bridgehead atoms. The van der Waals surface area contributed by atoms with E-state index in [1.165, 1.54) is 24.3 Å². The molecule has 0 fully saturated rings. The molecule has 0 aliphatic rings. The lowest BCUT2D eigenvalue weighted by Gasteiger charge is -2.24. The molecule has 24 heavy (non-hydrogen) atoms. The lowest BCUT2D eigenvalue weighted by atomic mass is 10.2. The van der Waals surface area contributed by atoms with E-state index < -0.39 is 23.7 Å². The van der Waals surface area contributed by atoms with E-state index in [4.69, 9.17) is 17.3 Å². The van der Waals surface area contributed by atoms with Gasteiger partial charge in [-0.1, -0.05) is 17.7 Å². The van der Waals surface area contributed by atoms with Crippen LogP contribution in [0.1, 0.15) is 5.69 Å². The molecule has 0 unspecified atom stereocenters. The van der Waals surface area contributed by atoms with E-state index in [1.54, 1.807) is 0 Å². The van der Waals surface area contributed by atoms with E-state index in [1.807, 2.05) is 0 Å². The van der Waals surface area contributed by atoms with E-state index in [0.29, 0.717) is 10.8 Å². The zero-order valence-corrected chi connectivity index (χ0v) is 12.6. The molecule has 0 saturated heterocycles. The summed E-state index contributed by atoms with van der Waals surface area (Å²) in [7, 11) is 0. The van der Waals surface area contributed by atoms with E-state index in [2.05, 4.69) is 9.82 Å². The molecule has 1 heterocycles. The number of aromatic nitrogens is 1. The molecule has 2 aromatic rings. The summed E-state index contributed by atoms with van der Waals surface area (Å²) < 4.78 is 51.5. The van der Waals surface area contributed by atoms with Crippen molar-refractivity contribution in [1.82, 2.24) is 4.98 Å². The number of anilines is 2. The van der Waals surface area contributed by atoms with Gasteiger partial charge in [-0.2, -0.15) is 18.2 Å². The van der Waals surface area contributed by atoms with E-state index in [9.17, 15) is 22.4 Å². The Balaban J connectivity index is 2.50. The van der Waals surface area contributed by atoms with E-state index in [0.717, 1.165) is 12.3 Å². The fourth-order valence-corrected chi connectivity index (χ4v) is 1.94. The Kier molecular flexibility index (Phi) is 5.25. The molecule has 0 aliphatic heterocycles. The summed E-state index contributed by atoms with van der Waals surface area (Å²) in [6.45, 7) is 0.0864. The van der Waals surface area contributed by atoms with Gasteiger partial charge in [0, 0.05) is 6.54 Å². The van der Waals surface area contributed by atoms with Gasteiger partial charge in [0.25, 0.3) is 0 Å². The minimum atomic E-state index is -5.28. The van der Waals surface area contributed by atoms with Crippen molar-refractivity contribution in [2.24, 2.45) is 5.73 Å². The summed E-state index contributed by atoms with van der Waals surface area (Å²) in [5.41, 5.74) is 5.11. The first-order valence-corrected chi connectivity index (χ1v) is 6.80. The van der Waals surface area contributed by atoms with Crippen molar-refractivity contribution in [3.8, 4) is 0 Å². The summed E-state index contributed by atoms with van der Waals surface area (Å²) >= 11 is 5.84. The normalized spacial score (nSPS) is 11.2. The molecule has 0 aliphatic carbocycles. The molecule has 5 nitrogen and oxygen atoms in total. The number of halogens is 5. The maximum atomic E-state index is 14.0. The average molecular weight is 364 g/mol. The Hall–Kier alpha value is -2.39. The second-order valence-electron chi connectivity index (χ2n) is 4.45. The molecular formula is C14H10ClF4N3O2. The van der Waals surface area contributed by atoms with Crippen LogP contribution in [0.3, 0.4) is 0 Å². The van der Waals surface area contributed by atoms with Crippen LogP contribution in [0.25, 0.3) is 0 Å². The fourth-order valence-electron chi connectivity index (χ4n) is 1.70. The van der Waals surface area contributed by atoms with Gasteiger partial charge in [0.1, 0.15) is 5.69 Å². The standard InChI is InChI=1S/C14H10ClF4N3O2/c15-10-2-1-3-11(16)12(10)22(24-13(23)14(17,18)19)9-5-4-8(6-20)21-7-9/h1-5,7H,6,20H2. The molecular weight excluding hydrogens is 354 g/mol. The number of para-hydroxylation sites is 1. The molecule has 0 radical (unpaired) electrons. The number of alkyl halides is 3. The van der Waals surface area contributed by atoms with E-state index >= 15 is 0 Å². The van der Waals surface area contributed by atoms with Gasteiger partial charge in [-0.15, -0.1) is 0 Å². The lowest BCUT2D eigenvalue weighted by Crippen LogP contribution is -2.33. The van der Waals surface area contributed by atoms with Crippen LogP contribution in [0.4, 0.5) is 28.9 Å². The minimum absolute atomic E-state index is 0.0864. The number of benzene rings is 1. The van der Waals surface area contributed by atoms with Crippen molar-refractivity contribution in [1.29, 1.82) is 0 Å². The highest BCUT2D eigenvalue weighted by atomic mass is 35.5. The zero-order chi connectivity index (χ0) is 17.9. The summed E-state index contributed by atoms with van der Waals surface area (Å²) in [5.74, 6) is -3.52. The fraction of sp³-hybridized carbons (Fsp3) is 0.143. The third-order valence-electron chi connectivity index (χ3n) is 2.80. The Morgan fingerprint density at radius 3 is 2.50 bits per heavy atom. The highest BCUT2D eigenvalue weighted by molar-refractivity contribution is 6.33. The van der Waals surface area contributed by atoms with Gasteiger partial charge in [0.05, 0.1) is 22.6 Å². The highest BCUT2D eigenvalue weighted by Crippen LogP contribution is 2.35. The van der Waals surface area contributed by atoms with Crippen molar-refractivity contribution in [2.75, 3.05) is 5.06 Å². The van der Waals surface area contributed by atoms with Gasteiger partial charge in [0.15, 0.2) is 5.82 Å². The number of hydrogen-bond donors (Lipinski definition) is 1. The van der Waals surface area contributed by atoms with E-state index in [-0.39, 0.29) is 17.3 Å². The largest absolute Gasteiger partial charge is 0.493 e. The van der Waals surface area contributed by atoms with Crippen molar-refractivity contribution in [3.63, 3.8) is 0 Å². The van der Waals surface area contributed by atoms with Gasteiger partial charge in [0.2, 0.25) is 0 Å². The van der Waals surface area contributed by atoms with Crippen LogP contribution < -0.4 is 10.8 Å². The van der Waals surface area contributed by atoms with Crippen molar-refractivity contribution in [3.05, 3.63) is 53.1 Å². The first kappa shape index (κ1) is 18.0. The maximum Gasteiger partial charge on any atom is 0.493 e. The third kappa shape index (κ3) is 3.92. The average Bonchev–Trinajstić information content (AvgIpc) is 2.52. The van der Waals surface area contributed by atoms with Gasteiger partial charge < -0.3 is 10.6 Å². The van der Waals surface area contributed by atoms with Crippen LogP contribution in [0.2, 0.25) is 5.02 Å². The molecule has 2 N–H and O–H groups in total. The van der Waals surface area contributed by atoms with Crippen molar-refractivity contribution >= 4 is 28.9 Å². The summed E-state index contributed by atoms with van der Waals surface area (Å²) in [4.78, 5) is 19.3. The minimum Gasteiger partial charge on any atom is -0.327 e. The summed E-state index contributed by atoms with van der Waals surface area (Å²) in [5, 5.41) is 0.0775. The lowest BCUT2D eigenvalue weighted by molar-refractivity contribution is -0.199. The Bertz CT molecular complexity index is 718. The Morgan fingerprint density at radius 1 is 1.29 bits per heavy atom. The van der Waals surface area contributed by atoms with Crippen LogP contribution in [0, 0.1) is 5.82 Å². The van der Waals surface area contributed by atoms with Crippen LogP contribution in [-0.2, 0) is 16.2 Å². The van der Waals surface area contributed by atoms with Crippen LogP contribution in [0.5, 0.6) is 0 Å². The van der Waals surface area contributed by atoms with Crippen molar-refractivity contribution < 1.29 is 27.2 Å².